The maximum atomic E-state index is 11.7. The quantitative estimate of drug-likeness (QED) is 0.732. The van der Waals surface area contributed by atoms with Gasteiger partial charge in [-0.3, -0.25) is 9.78 Å². The second-order valence-corrected chi connectivity index (χ2v) is 4.23. The number of hydrogen-bond acceptors (Lipinski definition) is 3. The molecule has 1 aromatic heterocycles. The molecule has 0 aliphatic heterocycles. The maximum absolute atomic E-state index is 11.7. The van der Waals surface area contributed by atoms with E-state index in [0.717, 1.165) is 25.0 Å². The van der Waals surface area contributed by atoms with Crippen LogP contribution in [0.4, 0.5) is 0 Å². The SMILES string of the molecule is CCC(C(=O)OC)C1CCc2cccnc21. The summed E-state index contributed by atoms with van der Waals surface area (Å²) in [5.41, 5.74) is 2.38. The number of carbonyl (C=O) groups excluding carboxylic acids is 1. The van der Waals surface area contributed by atoms with E-state index in [-0.39, 0.29) is 17.8 Å². The first-order valence-electron chi connectivity index (χ1n) is 5.79. The lowest BCUT2D eigenvalue weighted by Crippen LogP contribution is -2.22. The van der Waals surface area contributed by atoms with Gasteiger partial charge in [0, 0.05) is 17.8 Å². The molecule has 86 valence electrons. The van der Waals surface area contributed by atoms with Crippen molar-refractivity contribution in [3.63, 3.8) is 0 Å². The van der Waals surface area contributed by atoms with Gasteiger partial charge >= 0.3 is 5.97 Å². The van der Waals surface area contributed by atoms with Gasteiger partial charge in [-0.1, -0.05) is 13.0 Å². The molecular weight excluding hydrogens is 202 g/mol. The largest absolute Gasteiger partial charge is 0.469 e. The van der Waals surface area contributed by atoms with Gasteiger partial charge in [0.05, 0.1) is 13.0 Å². The summed E-state index contributed by atoms with van der Waals surface area (Å²) < 4.78 is 4.86. The summed E-state index contributed by atoms with van der Waals surface area (Å²) in [7, 11) is 1.46. The maximum Gasteiger partial charge on any atom is 0.309 e. The summed E-state index contributed by atoms with van der Waals surface area (Å²) in [4.78, 5) is 16.1. The summed E-state index contributed by atoms with van der Waals surface area (Å²) in [6.45, 7) is 2.03. The predicted octanol–water partition coefficient (Wildman–Crippen LogP) is 2.31. The molecule has 0 saturated carbocycles. The third-order valence-electron chi connectivity index (χ3n) is 3.43. The fourth-order valence-electron chi connectivity index (χ4n) is 2.60. The number of hydrogen-bond donors (Lipinski definition) is 0. The molecule has 1 aliphatic rings. The molecule has 0 spiro atoms. The molecule has 0 saturated heterocycles. The minimum absolute atomic E-state index is 0.0406. The van der Waals surface area contributed by atoms with Crippen LogP contribution in [0.2, 0.25) is 0 Å². The zero-order chi connectivity index (χ0) is 11.5. The van der Waals surface area contributed by atoms with Crippen molar-refractivity contribution < 1.29 is 9.53 Å². The van der Waals surface area contributed by atoms with Crippen LogP contribution in [0.1, 0.15) is 36.9 Å². The van der Waals surface area contributed by atoms with Gasteiger partial charge in [0.1, 0.15) is 0 Å². The third-order valence-corrected chi connectivity index (χ3v) is 3.43. The van der Waals surface area contributed by atoms with Crippen LogP contribution in [0.3, 0.4) is 0 Å². The van der Waals surface area contributed by atoms with E-state index in [4.69, 9.17) is 4.74 Å². The van der Waals surface area contributed by atoms with E-state index in [0.29, 0.717) is 0 Å². The first-order valence-corrected chi connectivity index (χ1v) is 5.79. The van der Waals surface area contributed by atoms with Crippen molar-refractivity contribution in [2.24, 2.45) is 5.92 Å². The number of aryl methyl sites for hydroxylation is 1. The lowest BCUT2D eigenvalue weighted by Gasteiger charge is -2.19. The Morgan fingerprint density at radius 1 is 1.69 bits per heavy atom. The lowest BCUT2D eigenvalue weighted by molar-refractivity contribution is -0.146. The summed E-state index contributed by atoms with van der Waals surface area (Å²) in [6, 6.07) is 4.06. The Morgan fingerprint density at radius 2 is 2.50 bits per heavy atom. The van der Waals surface area contributed by atoms with Crippen LogP contribution in [-0.4, -0.2) is 18.1 Å². The van der Waals surface area contributed by atoms with Crippen molar-refractivity contribution in [2.45, 2.75) is 32.1 Å². The monoisotopic (exact) mass is 219 g/mol. The molecule has 1 aromatic rings. The average Bonchev–Trinajstić information content (AvgIpc) is 2.74. The molecule has 16 heavy (non-hydrogen) atoms. The van der Waals surface area contributed by atoms with Crippen molar-refractivity contribution >= 4 is 5.97 Å². The highest BCUT2D eigenvalue weighted by molar-refractivity contribution is 5.73. The molecule has 0 aromatic carbocycles. The van der Waals surface area contributed by atoms with Gasteiger partial charge in [0.15, 0.2) is 0 Å². The average molecular weight is 219 g/mol. The van der Waals surface area contributed by atoms with Crippen LogP contribution in [0, 0.1) is 5.92 Å². The van der Waals surface area contributed by atoms with Crippen molar-refractivity contribution in [3.8, 4) is 0 Å². The fourth-order valence-corrected chi connectivity index (χ4v) is 2.60. The smallest absolute Gasteiger partial charge is 0.309 e. The molecular formula is C13H17NO2. The van der Waals surface area contributed by atoms with Crippen molar-refractivity contribution in [2.75, 3.05) is 7.11 Å². The number of methoxy groups -OCH3 is 1. The lowest BCUT2D eigenvalue weighted by atomic mass is 9.88. The van der Waals surface area contributed by atoms with Crippen LogP contribution in [-0.2, 0) is 16.0 Å². The molecule has 1 heterocycles. The van der Waals surface area contributed by atoms with E-state index in [9.17, 15) is 4.79 Å². The van der Waals surface area contributed by atoms with Crippen molar-refractivity contribution in [1.29, 1.82) is 0 Å². The first-order chi connectivity index (χ1) is 7.77. The van der Waals surface area contributed by atoms with Crippen molar-refractivity contribution in [3.05, 3.63) is 29.6 Å². The normalized spacial score (nSPS) is 20.2. The number of esters is 1. The van der Waals surface area contributed by atoms with Crippen LogP contribution < -0.4 is 0 Å². The molecule has 0 bridgehead atoms. The van der Waals surface area contributed by atoms with E-state index in [1.54, 1.807) is 6.20 Å². The van der Waals surface area contributed by atoms with Crippen molar-refractivity contribution in [1.82, 2.24) is 4.98 Å². The van der Waals surface area contributed by atoms with Crippen LogP contribution >= 0.6 is 0 Å². The molecule has 2 atom stereocenters. The standard InChI is InChI=1S/C13H17NO2/c1-3-10(13(15)16-2)11-7-6-9-5-4-8-14-12(9)11/h4-5,8,10-11H,3,6-7H2,1-2H3. The van der Waals surface area contributed by atoms with E-state index >= 15 is 0 Å². The Bertz CT molecular complexity index is 389. The molecule has 3 heteroatoms. The molecule has 2 unspecified atom stereocenters. The minimum atomic E-state index is -0.106. The minimum Gasteiger partial charge on any atom is -0.469 e. The molecule has 3 nitrogen and oxygen atoms in total. The van der Waals surface area contributed by atoms with E-state index in [2.05, 4.69) is 11.1 Å². The highest BCUT2D eigenvalue weighted by Gasteiger charge is 2.34. The second kappa shape index (κ2) is 4.64. The summed E-state index contributed by atoms with van der Waals surface area (Å²) in [5, 5.41) is 0. The molecule has 2 rings (SSSR count). The number of ether oxygens (including phenoxy) is 1. The predicted molar refractivity (Wildman–Crippen MR) is 61.1 cm³/mol. The molecule has 0 amide bonds. The number of nitrogens with zero attached hydrogens (tertiary/aromatic N) is 1. The van der Waals surface area contributed by atoms with Gasteiger partial charge in [-0.05, 0) is 30.9 Å². The third kappa shape index (κ3) is 1.82. The number of fused-ring (bicyclic) bond motifs is 1. The Morgan fingerprint density at radius 3 is 3.19 bits per heavy atom. The van der Waals surface area contributed by atoms with E-state index in [1.807, 2.05) is 13.0 Å². The summed E-state index contributed by atoms with van der Waals surface area (Å²) in [6.07, 6.45) is 4.66. The van der Waals surface area contributed by atoms with Gasteiger partial charge in [-0.15, -0.1) is 0 Å². The van der Waals surface area contributed by atoms with Gasteiger partial charge in [0.25, 0.3) is 0 Å². The summed E-state index contributed by atoms with van der Waals surface area (Å²) >= 11 is 0. The zero-order valence-corrected chi connectivity index (χ0v) is 9.77. The van der Waals surface area contributed by atoms with Crippen LogP contribution in [0.25, 0.3) is 0 Å². The number of carbonyl (C=O) groups is 1. The molecule has 0 radical (unpaired) electrons. The zero-order valence-electron chi connectivity index (χ0n) is 9.77. The number of pyridine rings is 1. The van der Waals surface area contributed by atoms with Gasteiger partial charge in [-0.25, -0.2) is 0 Å². The number of aromatic nitrogens is 1. The second-order valence-electron chi connectivity index (χ2n) is 4.23. The van der Waals surface area contributed by atoms with Gasteiger partial charge in [-0.2, -0.15) is 0 Å². The Kier molecular flexibility index (Phi) is 3.22. The topological polar surface area (TPSA) is 39.2 Å². The Balaban J connectivity index is 2.26. The molecule has 0 N–H and O–H groups in total. The number of rotatable bonds is 3. The molecule has 0 fully saturated rings. The Hall–Kier alpha value is -1.38. The van der Waals surface area contributed by atoms with E-state index < -0.39 is 0 Å². The van der Waals surface area contributed by atoms with Crippen LogP contribution in [0.5, 0.6) is 0 Å². The van der Waals surface area contributed by atoms with E-state index in [1.165, 1.54) is 12.7 Å². The van der Waals surface area contributed by atoms with Crippen LogP contribution in [0.15, 0.2) is 18.3 Å². The Labute approximate surface area is 95.8 Å². The highest BCUT2D eigenvalue weighted by atomic mass is 16.5. The van der Waals surface area contributed by atoms with Gasteiger partial charge < -0.3 is 4.74 Å². The summed E-state index contributed by atoms with van der Waals surface area (Å²) in [5.74, 6) is 0.0980. The highest BCUT2D eigenvalue weighted by Crippen LogP contribution is 2.38. The first kappa shape index (κ1) is 11.1. The molecule has 1 aliphatic carbocycles. The fraction of sp³-hybridized carbons (Fsp3) is 0.538. The van der Waals surface area contributed by atoms with Gasteiger partial charge in [0.2, 0.25) is 0 Å².